The Labute approximate surface area is 134 Å². The van der Waals surface area contributed by atoms with Gasteiger partial charge in [-0.25, -0.2) is 0 Å². The summed E-state index contributed by atoms with van der Waals surface area (Å²) in [7, 11) is 0. The molecule has 0 unspecified atom stereocenters. The topological polar surface area (TPSA) is 46.5 Å². The standard InChI is InChI=1S/C19H30O3/c1-12-3-7-18-14(9-12)5-4-13(2)17(18)8-6-16-10-15(20)11-19(21)22-16/h4-5,12-18,20H,3,6-11H2,1-2H3/t12-,13+,14-,15-,16-,17+,18+/m1/s1. The second kappa shape index (κ2) is 6.74. The highest BCUT2D eigenvalue weighted by atomic mass is 16.5. The maximum atomic E-state index is 11.5. The lowest BCUT2D eigenvalue weighted by Gasteiger charge is -2.44. The number of aliphatic hydroxyl groups is 1. The molecule has 22 heavy (non-hydrogen) atoms. The van der Waals surface area contributed by atoms with E-state index in [0.717, 1.165) is 30.6 Å². The molecule has 7 atom stereocenters. The van der Waals surface area contributed by atoms with Crippen LogP contribution in [0.1, 0.15) is 58.8 Å². The van der Waals surface area contributed by atoms with E-state index in [2.05, 4.69) is 26.0 Å². The summed E-state index contributed by atoms with van der Waals surface area (Å²) in [5.41, 5.74) is 0. The van der Waals surface area contributed by atoms with E-state index in [4.69, 9.17) is 4.74 Å². The van der Waals surface area contributed by atoms with Crippen LogP contribution in [0.5, 0.6) is 0 Å². The third kappa shape index (κ3) is 3.56. The minimum Gasteiger partial charge on any atom is -0.462 e. The van der Waals surface area contributed by atoms with E-state index < -0.39 is 6.10 Å². The van der Waals surface area contributed by atoms with E-state index in [-0.39, 0.29) is 18.5 Å². The van der Waals surface area contributed by atoms with Gasteiger partial charge in [-0.05, 0) is 55.3 Å². The largest absolute Gasteiger partial charge is 0.462 e. The second-order valence-corrected chi connectivity index (χ2v) is 7.94. The van der Waals surface area contributed by atoms with Crippen molar-refractivity contribution in [2.45, 2.75) is 71.0 Å². The zero-order chi connectivity index (χ0) is 15.7. The molecule has 0 amide bonds. The molecule has 3 aliphatic rings. The van der Waals surface area contributed by atoms with Gasteiger partial charge >= 0.3 is 5.97 Å². The van der Waals surface area contributed by atoms with Crippen molar-refractivity contribution in [1.29, 1.82) is 0 Å². The van der Waals surface area contributed by atoms with Gasteiger partial charge in [0.25, 0.3) is 0 Å². The number of hydrogen-bond acceptors (Lipinski definition) is 3. The lowest BCUT2D eigenvalue weighted by Crippen LogP contribution is -2.37. The summed E-state index contributed by atoms with van der Waals surface area (Å²) in [6, 6.07) is 0. The smallest absolute Gasteiger partial charge is 0.308 e. The van der Waals surface area contributed by atoms with Crippen molar-refractivity contribution in [3.05, 3.63) is 12.2 Å². The van der Waals surface area contributed by atoms with E-state index in [1.807, 2.05) is 0 Å². The molecule has 1 saturated carbocycles. The molecule has 3 nitrogen and oxygen atoms in total. The van der Waals surface area contributed by atoms with Gasteiger partial charge in [-0.1, -0.05) is 32.4 Å². The molecule has 0 aromatic rings. The average molecular weight is 306 g/mol. The Morgan fingerprint density at radius 1 is 1.18 bits per heavy atom. The predicted molar refractivity (Wildman–Crippen MR) is 86.1 cm³/mol. The highest BCUT2D eigenvalue weighted by Gasteiger charge is 2.38. The quantitative estimate of drug-likeness (QED) is 0.638. The van der Waals surface area contributed by atoms with Crippen molar-refractivity contribution in [3.63, 3.8) is 0 Å². The molecule has 0 radical (unpaired) electrons. The van der Waals surface area contributed by atoms with Crippen molar-refractivity contribution in [3.8, 4) is 0 Å². The first-order chi connectivity index (χ1) is 10.5. The summed E-state index contributed by atoms with van der Waals surface area (Å²) in [5.74, 6) is 3.52. The van der Waals surface area contributed by atoms with Crippen LogP contribution in [-0.2, 0) is 9.53 Å². The molecule has 0 bridgehead atoms. The van der Waals surface area contributed by atoms with Crippen LogP contribution in [0.2, 0.25) is 0 Å². The summed E-state index contributed by atoms with van der Waals surface area (Å²) >= 11 is 0. The molecule has 124 valence electrons. The fourth-order valence-corrected chi connectivity index (χ4v) is 4.95. The van der Waals surface area contributed by atoms with Gasteiger partial charge in [0, 0.05) is 6.42 Å². The molecular formula is C19H30O3. The van der Waals surface area contributed by atoms with Crippen LogP contribution < -0.4 is 0 Å². The van der Waals surface area contributed by atoms with E-state index in [1.54, 1.807) is 0 Å². The van der Waals surface area contributed by atoms with Crippen LogP contribution in [0, 0.1) is 29.6 Å². The van der Waals surface area contributed by atoms with Gasteiger partial charge < -0.3 is 9.84 Å². The van der Waals surface area contributed by atoms with Crippen molar-refractivity contribution in [1.82, 2.24) is 0 Å². The first kappa shape index (κ1) is 16.0. The lowest BCUT2D eigenvalue weighted by atomic mass is 9.62. The highest BCUT2D eigenvalue weighted by molar-refractivity contribution is 5.70. The third-order valence-corrected chi connectivity index (χ3v) is 6.16. The zero-order valence-corrected chi connectivity index (χ0v) is 13.9. The number of cyclic esters (lactones) is 1. The maximum Gasteiger partial charge on any atom is 0.308 e. The van der Waals surface area contributed by atoms with Gasteiger partial charge in [-0.2, -0.15) is 0 Å². The van der Waals surface area contributed by atoms with Gasteiger partial charge in [0.15, 0.2) is 0 Å². The summed E-state index contributed by atoms with van der Waals surface area (Å²) in [4.78, 5) is 11.5. The number of carbonyl (C=O) groups excluding carboxylic acids is 1. The summed E-state index contributed by atoms with van der Waals surface area (Å²) in [6.45, 7) is 4.71. The molecule has 1 heterocycles. The number of ether oxygens (including phenoxy) is 1. The van der Waals surface area contributed by atoms with Crippen molar-refractivity contribution >= 4 is 5.97 Å². The summed E-state index contributed by atoms with van der Waals surface area (Å²) < 4.78 is 5.42. The molecule has 1 saturated heterocycles. The Morgan fingerprint density at radius 2 is 2.00 bits per heavy atom. The van der Waals surface area contributed by atoms with Crippen LogP contribution in [0.25, 0.3) is 0 Å². The van der Waals surface area contributed by atoms with E-state index in [0.29, 0.717) is 18.3 Å². The fraction of sp³-hybridized carbons (Fsp3) is 0.842. The lowest BCUT2D eigenvalue weighted by molar-refractivity contribution is -0.160. The fourth-order valence-electron chi connectivity index (χ4n) is 4.95. The molecule has 3 heteroatoms. The minimum absolute atomic E-state index is 0.0738. The van der Waals surface area contributed by atoms with Crippen LogP contribution >= 0.6 is 0 Å². The molecule has 2 fully saturated rings. The molecule has 1 N–H and O–H groups in total. The van der Waals surface area contributed by atoms with Crippen molar-refractivity contribution in [2.24, 2.45) is 29.6 Å². The first-order valence-corrected chi connectivity index (χ1v) is 9.08. The third-order valence-electron chi connectivity index (χ3n) is 6.16. The van der Waals surface area contributed by atoms with Gasteiger partial charge in [-0.15, -0.1) is 0 Å². The number of hydrogen-bond donors (Lipinski definition) is 1. The maximum absolute atomic E-state index is 11.5. The van der Waals surface area contributed by atoms with Crippen LogP contribution in [0.15, 0.2) is 12.2 Å². The molecule has 0 aromatic carbocycles. The van der Waals surface area contributed by atoms with Crippen LogP contribution in [0.3, 0.4) is 0 Å². The molecule has 2 aliphatic carbocycles. The second-order valence-electron chi connectivity index (χ2n) is 7.94. The Morgan fingerprint density at radius 3 is 2.77 bits per heavy atom. The number of allylic oxidation sites excluding steroid dienone is 2. The minimum atomic E-state index is -0.502. The SMILES string of the molecule is C[C@@H]1CC[C@@H]2[C@@H](CC[C@@H]3C[C@@H](O)CC(=O)O3)[C@@H](C)C=C[C@@H]2C1. The average Bonchev–Trinajstić information content (AvgIpc) is 2.45. The number of fused-ring (bicyclic) bond motifs is 1. The summed E-state index contributed by atoms with van der Waals surface area (Å²) in [6.07, 6.45) is 11.1. The van der Waals surface area contributed by atoms with Crippen molar-refractivity contribution in [2.75, 3.05) is 0 Å². The van der Waals surface area contributed by atoms with Gasteiger partial charge in [0.05, 0.1) is 12.5 Å². The molecule has 1 aliphatic heterocycles. The van der Waals surface area contributed by atoms with E-state index in [1.165, 1.54) is 19.3 Å². The Balaban J connectivity index is 1.59. The van der Waals surface area contributed by atoms with E-state index >= 15 is 0 Å². The van der Waals surface area contributed by atoms with Gasteiger partial charge in [0.1, 0.15) is 6.10 Å². The van der Waals surface area contributed by atoms with Gasteiger partial charge in [-0.3, -0.25) is 4.79 Å². The van der Waals surface area contributed by atoms with E-state index in [9.17, 15) is 9.90 Å². The Hall–Kier alpha value is -0.830. The Bertz CT molecular complexity index is 430. The van der Waals surface area contributed by atoms with Gasteiger partial charge in [0.2, 0.25) is 0 Å². The molecule has 3 rings (SSSR count). The summed E-state index contributed by atoms with van der Waals surface area (Å²) in [5, 5.41) is 9.74. The molecular weight excluding hydrogens is 276 g/mol. The molecule has 0 aromatic heterocycles. The zero-order valence-electron chi connectivity index (χ0n) is 13.9. The monoisotopic (exact) mass is 306 g/mol. The number of esters is 1. The van der Waals surface area contributed by atoms with Crippen LogP contribution in [-0.4, -0.2) is 23.3 Å². The number of carbonyl (C=O) groups is 1. The van der Waals surface area contributed by atoms with Crippen LogP contribution in [0.4, 0.5) is 0 Å². The van der Waals surface area contributed by atoms with Crippen molar-refractivity contribution < 1.29 is 14.6 Å². The number of aliphatic hydroxyl groups excluding tert-OH is 1. The first-order valence-electron chi connectivity index (χ1n) is 9.08. The normalized spacial score (nSPS) is 45.2. The highest BCUT2D eigenvalue weighted by Crippen LogP contribution is 2.46. The predicted octanol–water partition coefficient (Wildman–Crippen LogP) is 3.71. The molecule has 0 spiro atoms. The number of rotatable bonds is 3. The Kier molecular flexibility index (Phi) is 4.91.